The SMILES string of the molecule is COC(=O)CCN1CCC(O)C1. The molecule has 4 heteroatoms. The van der Waals surface area contributed by atoms with Gasteiger partial charge in [-0.05, 0) is 6.42 Å². The number of methoxy groups -OCH3 is 1. The van der Waals surface area contributed by atoms with Crippen LogP contribution in [0.5, 0.6) is 0 Å². The molecule has 0 spiro atoms. The van der Waals surface area contributed by atoms with Gasteiger partial charge in [0, 0.05) is 19.6 Å². The third kappa shape index (κ3) is 2.79. The lowest BCUT2D eigenvalue weighted by Crippen LogP contribution is -2.25. The Morgan fingerprint density at radius 3 is 3.00 bits per heavy atom. The van der Waals surface area contributed by atoms with Crippen molar-refractivity contribution in [1.82, 2.24) is 4.90 Å². The van der Waals surface area contributed by atoms with Crippen molar-refractivity contribution in [3.8, 4) is 0 Å². The van der Waals surface area contributed by atoms with Crippen molar-refractivity contribution in [2.45, 2.75) is 18.9 Å². The molecule has 1 unspecified atom stereocenters. The molecule has 0 amide bonds. The second-order valence-corrected chi connectivity index (χ2v) is 3.07. The molecule has 1 N–H and O–H groups in total. The van der Waals surface area contributed by atoms with E-state index in [-0.39, 0.29) is 12.1 Å². The fraction of sp³-hybridized carbons (Fsp3) is 0.875. The number of hydrogen-bond acceptors (Lipinski definition) is 4. The van der Waals surface area contributed by atoms with E-state index in [1.165, 1.54) is 7.11 Å². The highest BCUT2D eigenvalue weighted by molar-refractivity contribution is 5.69. The predicted octanol–water partition coefficient (Wildman–Crippen LogP) is -0.384. The molecule has 1 rings (SSSR count). The van der Waals surface area contributed by atoms with Crippen LogP contribution in [0.15, 0.2) is 0 Å². The third-order valence-electron chi connectivity index (χ3n) is 2.11. The minimum absolute atomic E-state index is 0.184. The van der Waals surface area contributed by atoms with Gasteiger partial charge in [-0.15, -0.1) is 0 Å². The van der Waals surface area contributed by atoms with E-state index in [1.807, 2.05) is 0 Å². The summed E-state index contributed by atoms with van der Waals surface area (Å²) in [5.74, 6) is -0.184. The van der Waals surface area contributed by atoms with Crippen molar-refractivity contribution in [2.24, 2.45) is 0 Å². The van der Waals surface area contributed by atoms with Crippen LogP contribution in [0.4, 0.5) is 0 Å². The second kappa shape index (κ2) is 4.42. The summed E-state index contributed by atoms with van der Waals surface area (Å²) in [6, 6.07) is 0. The van der Waals surface area contributed by atoms with E-state index in [9.17, 15) is 4.79 Å². The molecule has 4 nitrogen and oxygen atoms in total. The molecule has 12 heavy (non-hydrogen) atoms. The highest BCUT2D eigenvalue weighted by Crippen LogP contribution is 2.08. The van der Waals surface area contributed by atoms with Crippen LogP contribution in [0.3, 0.4) is 0 Å². The molecule has 0 aromatic rings. The van der Waals surface area contributed by atoms with E-state index in [2.05, 4.69) is 9.64 Å². The van der Waals surface area contributed by atoms with Crippen molar-refractivity contribution in [1.29, 1.82) is 0 Å². The Labute approximate surface area is 72.1 Å². The Hall–Kier alpha value is -0.610. The summed E-state index contributed by atoms with van der Waals surface area (Å²) in [5.41, 5.74) is 0. The standard InChI is InChI=1S/C8H15NO3/c1-12-8(11)3-5-9-4-2-7(10)6-9/h7,10H,2-6H2,1H3. The zero-order valence-electron chi connectivity index (χ0n) is 7.32. The van der Waals surface area contributed by atoms with Gasteiger partial charge in [0.25, 0.3) is 0 Å². The van der Waals surface area contributed by atoms with Gasteiger partial charge in [-0.1, -0.05) is 0 Å². The molecular weight excluding hydrogens is 158 g/mol. The lowest BCUT2D eigenvalue weighted by atomic mass is 10.3. The fourth-order valence-electron chi connectivity index (χ4n) is 1.37. The van der Waals surface area contributed by atoms with Gasteiger partial charge in [0.15, 0.2) is 0 Å². The van der Waals surface area contributed by atoms with Crippen molar-refractivity contribution in [3.05, 3.63) is 0 Å². The van der Waals surface area contributed by atoms with Crippen molar-refractivity contribution < 1.29 is 14.6 Å². The van der Waals surface area contributed by atoms with Crippen molar-refractivity contribution in [2.75, 3.05) is 26.7 Å². The fourth-order valence-corrected chi connectivity index (χ4v) is 1.37. The Balaban J connectivity index is 2.11. The average molecular weight is 173 g/mol. The highest BCUT2D eigenvalue weighted by atomic mass is 16.5. The maximum Gasteiger partial charge on any atom is 0.306 e. The predicted molar refractivity (Wildman–Crippen MR) is 43.7 cm³/mol. The number of hydrogen-bond donors (Lipinski definition) is 1. The van der Waals surface area contributed by atoms with Crippen LogP contribution in [0, 0.1) is 0 Å². The van der Waals surface area contributed by atoms with Gasteiger partial charge in [0.2, 0.25) is 0 Å². The van der Waals surface area contributed by atoms with E-state index >= 15 is 0 Å². The van der Waals surface area contributed by atoms with Crippen LogP contribution in [0.25, 0.3) is 0 Å². The summed E-state index contributed by atoms with van der Waals surface area (Å²) in [6.07, 6.45) is 1.03. The maximum atomic E-state index is 10.7. The minimum atomic E-state index is -0.206. The summed E-state index contributed by atoms with van der Waals surface area (Å²) in [6.45, 7) is 2.28. The quantitative estimate of drug-likeness (QED) is 0.591. The number of carbonyl (C=O) groups excluding carboxylic acids is 1. The number of nitrogens with zero attached hydrogens (tertiary/aromatic N) is 1. The van der Waals surface area contributed by atoms with Crippen LogP contribution in [-0.2, 0) is 9.53 Å². The molecular formula is C8H15NO3. The van der Waals surface area contributed by atoms with E-state index < -0.39 is 0 Å². The summed E-state index contributed by atoms with van der Waals surface area (Å²) in [4.78, 5) is 12.8. The molecule has 0 saturated carbocycles. The number of β-amino-alcohol motifs (C(OH)–C–C–N with tert-alkyl or cyclic N) is 1. The van der Waals surface area contributed by atoms with E-state index in [1.54, 1.807) is 0 Å². The molecule has 0 aromatic heterocycles. The highest BCUT2D eigenvalue weighted by Gasteiger charge is 2.20. The number of ether oxygens (including phenoxy) is 1. The van der Waals surface area contributed by atoms with Crippen molar-refractivity contribution in [3.63, 3.8) is 0 Å². The molecule has 1 fully saturated rings. The van der Waals surface area contributed by atoms with Gasteiger partial charge in [-0.25, -0.2) is 0 Å². The smallest absolute Gasteiger partial charge is 0.306 e. The summed E-state index contributed by atoms with van der Waals surface area (Å²) in [5, 5.41) is 9.16. The van der Waals surface area contributed by atoms with Crippen LogP contribution < -0.4 is 0 Å². The van der Waals surface area contributed by atoms with Gasteiger partial charge in [-0.2, -0.15) is 0 Å². The van der Waals surface area contributed by atoms with E-state index in [0.29, 0.717) is 19.5 Å². The zero-order valence-corrected chi connectivity index (χ0v) is 7.32. The summed E-state index contributed by atoms with van der Waals surface area (Å²) < 4.78 is 4.51. The molecule has 0 aliphatic carbocycles. The molecule has 1 heterocycles. The number of aliphatic hydroxyl groups is 1. The first-order chi connectivity index (χ1) is 5.72. The molecule has 1 aliphatic rings. The monoisotopic (exact) mass is 173 g/mol. The molecule has 0 radical (unpaired) electrons. The van der Waals surface area contributed by atoms with Gasteiger partial charge in [0.1, 0.15) is 0 Å². The molecule has 70 valence electrons. The lowest BCUT2D eigenvalue weighted by molar-refractivity contribution is -0.140. The molecule has 1 saturated heterocycles. The Bertz CT molecular complexity index is 160. The van der Waals surface area contributed by atoms with Crippen molar-refractivity contribution >= 4 is 5.97 Å². The van der Waals surface area contributed by atoms with Crippen LogP contribution in [0.1, 0.15) is 12.8 Å². The first kappa shape index (κ1) is 9.48. The maximum absolute atomic E-state index is 10.7. The summed E-state index contributed by atoms with van der Waals surface area (Å²) in [7, 11) is 1.39. The first-order valence-electron chi connectivity index (χ1n) is 4.19. The zero-order chi connectivity index (χ0) is 8.97. The largest absolute Gasteiger partial charge is 0.469 e. The Morgan fingerprint density at radius 2 is 2.50 bits per heavy atom. The number of carbonyl (C=O) groups is 1. The van der Waals surface area contributed by atoms with E-state index in [4.69, 9.17) is 5.11 Å². The molecule has 0 aromatic carbocycles. The normalized spacial score (nSPS) is 24.3. The molecule has 1 aliphatic heterocycles. The van der Waals surface area contributed by atoms with Crippen LogP contribution in [0.2, 0.25) is 0 Å². The second-order valence-electron chi connectivity index (χ2n) is 3.07. The first-order valence-corrected chi connectivity index (χ1v) is 4.19. The Morgan fingerprint density at radius 1 is 1.75 bits per heavy atom. The van der Waals surface area contributed by atoms with Crippen LogP contribution in [-0.4, -0.2) is 48.8 Å². The molecule has 1 atom stereocenters. The topological polar surface area (TPSA) is 49.8 Å². The molecule has 0 bridgehead atoms. The van der Waals surface area contributed by atoms with E-state index in [0.717, 1.165) is 13.0 Å². The minimum Gasteiger partial charge on any atom is -0.469 e. The number of esters is 1. The van der Waals surface area contributed by atoms with Gasteiger partial charge in [0.05, 0.1) is 19.6 Å². The summed E-state index contributed by atoms with van der Waals surface area (Å²) >= 11 is 0. The average Bonchev–Trinajstić information content (AvgIpc) is 2.47. The number of aliphatic hydroxyl groups excluding tert-OH is 1. The van der Waals surface area contributed by atoms with Gasteiger partial charge in [-0.3, -0.25) is 4.79 Å². The van der Waals surface area contributed by atoms with Crippen LogP contribution >= 0.6 is 0 Å². The number of likely N-dealkylation sites (tertiary alicyclic amines) is 1. The lowest BCUT2D eigenvalue weighted by Gasteiger charge is -2.12. The Kier molecular flexibility index (Phi) is 3.49. The van der Waals surface area contributed by atoms with Gasteiger partial charge >= 0.3 is 5.97 Å². The number of rotatable bonds is 3. The third-order valence-corrected chi connectivity index (χ3v) is 2.11. The van der Waals surface area contributed by atoms with Gasteiger partial charge < -0.3 is 14.7 Å².